The molecule has 1 N–H and O–H groups in total. The van der Waals surface area contributed by atoms with Gasteiger partial charge in [0.2, 0.25) is 0 Å². The lowest BCUT2D eigenvalue weighted by atomic mass is 9.74. The first-order chi connectivity index (χ1) is 11.8. The van der Waals surface area contributed by atoms with Gasteiger partial charge in [-0.2, -0.15) is 10.1 Å². The Balaban J connectivity index is 2.20. The van der Waals surface area contributed by atoms with Gasteiger partial charge in [-0.3, -0.25) is 0 Å². The number of hydrogen-bond acceptors (Lipinski definition) is 2. The highest BCUT2D eigenvalue weighted by atomic mass is 19.3. The Hall–Kier alpha value is -2.90. The zero-order chi connectivity index (χ0) is 18.2. The van der Waals surface area contributed by atoms with Crippen LogP contribution in [0.25, 0.3) is 0 Å². The average Bonchev–Trinajstić information content (AvgIpc) is 2.98. The molecule has 0 saturated heterocycles. The third-order valence-corrected chi connectivity index (χ3v) is 4.11. The fraction of sp³-hybridized carbons (Fsp3) is 0.176. The number of carbonyl (C=O) groups is 1. The normalized spacial score (nSPS) is 20.0. The molecule has 0 aliphatic carbocycles. The minimum absolute atomic E-state index is 0.0238. The number of amides is 1. The molecule has 1 heterocycles. The van der Waals surface area contributed by atoms with Crippen LogP contribution in [0.2, 0.25) is 0 Å². The zero-order valence-electron chi connectivity index (χ0n) is 12.7. The summed E-state index contributed by atoms with van der Waals surface area (Å²) in [5.41, 5.74) is -2.11. The summed E-state index contributed by atoms with van der Waals surface area (Å²) < 4.78 is 54.7. The van der Waals surface area contributed by atoms with Crippen molar-refractivity contribution in [3.05, 3.63) is 71.3 Å². The summed E-state index contributed by atoms with van der Waals surface area (Å²) in [6.07, 6.45) is -4.52. The van der Waals surface area contributed by atoms with Crippen molar-refractivity contribution in [2.75, 3.05) is 6.54 Å². The van der Waals surface area contributed by atoms with E-state index in [9.17, 15) is 27.5 Å². The lowest BCUT2D eigenvalue weighted by Gasteiger charge is -2.30. The van der Waals surface area contributed by atoms with Gasteiger partial charge in [-0.25, -0.2) is 22.4 Å². The standard InChI is InChI=1S/C17H12F4N2O2/c18-12-5-1-10(2-6-12)14-17(15(20)21,9-23(22-14)16(24)25)11-3-7-13(19)8-4-11/h1-8,15H,9H2,(H,24,25). The predicted octanol–water partition coefficient (Wildman–Crippen LogP) is 3.87. The molecule has 1 aliphatic rings. The Morgan fingerprint density at radius 3 is 2.04 bits per heavy atom. The van der Waals surface area contributed by atoms with Crippen LogP contribution >= 0.6 is 0 Å². The van der Waals surface area contributed by atoms with Crippen molar-refractivity contribution >= 4 is 11.8 Å². The molecule has 4 nitrogen and oxygen atoms in total. The van der Waals surface area contributed by atoms with Gasteiger partial charge in [0.1, 0.15) is 17.0 Å². The maximum Gasteiger partial charge on any atom is 0.427 e. The SMILES string of the molecule is O=C(O)N1CC(c2ccc(F)cc2)(C(F)F)C(c2ccc(F)cc2)=N1. The van der Waals surface area contributed by atoms with Crippen LogP contribution in [0.15, 0.2) is 53.6 Å². The van der Waals surface area contributed by atoms with Crippen LogP contribution in [0.5, 0.6) is 0 Å². The van der Waals surface area contributed by atoms with Crippen molar-refractivity contribution in [2.24, 2.45) is 5.10 Å². The van der Waals surface area contributed by atoms with E-state index < -0.39 is 36.1 Å². The summed E-state index contributed by atoms with van der Waals surface area (Å²) in [7, 11) is 0. The molecule has 1 aliphatic heterocycles. The lowest BCUT2D eigenvalue weighted by molar-refractivity contribution is 0.0728. The van der Waals surface area contributed by atoms with E-state index in [-0.39, 0.29) is 16.8 Å². The molecule has 25 heavy (non-hydrogen) atoms. The zero-order valence-corrected chi connectivity index (χ0v) is 12.7. The molecule has 0 aromatic heterocycles. The second kappa shape index (κ2) is 6.19. The van der Waals surface area contributed by atoms with Crippen LogP contribution in [-0.4, -0.2) is 34.9 Å². The van der Waals surface area contributed by atoms with E-state index in [4.69, 9.17) is 0 Å². The third kappa shape index (κ3) is 2.84. The van der Waals surface area contributed by atoms with Gasteiger partial charge >= 0.3 is 6.09 Å². The van der Waals surface area contributed by atoms with Gasteiger partial charge in [0.15, 0.2) is 0 Å². The summed E-state index contributed by atoms with van der Waals surface area (Å²) in [6, 6.07) is 9.03. The molecular formula is C17H12F4N2O2. The Labute approximate surface area is 140 Å². The molecule has 0 spiro atoms. The highest BCUT2D eigenvalue weighted by Gasteiger charge is 2.53. The molecule has 1 atom stereocenters. The smallest absolute Gasteiger partial charge is 0.427 e. The fourth-order valence-electron chi connectivity index (χ4n) is 2.86. The molecular weight excluding hydrogens is 340 g/mol. The van der Waals surface area contributed by atoms with E-state index in [1.165, 1.54) is 24.3 Å². The largest absolute Gasteiger partial charge is 0.464 e. The van der Waals surface area contributed by atoms with E-state index in [1.54, 1.807) is 0 Å². The number of hydrogen-bond donors (Lipinski definition) is 1. The first-order valence-electron chi connectivity index (χ1n) is 7.24. The minimum atomic E-state index is -3.02. The van der Waals surface area contributed by atoms with Crippen molar-refractivity contribution in [1.29, 1.82) is 0 Å². The molecule has 0 bridgehead atoms. The number of alkyl halides is 2. The number of hydrazone groups is 1. The van der Waals surface area contributed by atoms with Gasteiger partial charge in [0, 0.05) is 0 Å². The summed E-state index contributed by atoms with van der Waals surface area (Å²) in [5, 5.41) is 13.5. The van der Waals surface area contributed by atoms with Gasteiger partial charge in [0.05, 0.1) is 12.3 Å². The molecule has 2 aromatic rings. The van der Waals surface area contributed by atoms with Crippen molar-refractivity contribution in [2.45, 2.75) is 11.8 Å². The number of rotatable bonds is 3. The van der Waals surface area contributed by atoms with Gasteiger partial charge < -0.3 is 5.11 Å². The maximum atomic E-state index is 14.2. The average molecular weight is 352 g/mol. The van der Waals surface area contributed by atoms with E-state index in [0.717, 1.165) is 24.3 Å². The Morgan fingerprint density at radius 2 is 1.56 bits per heavy atom. The number of halogens is 4. The molecule has 1 amide bonds. The molecule has 0 saturated carbocycles. The Kier molecular flexibility index (Phi) is 4.20. The van der Waals surface area contributed by atoms with Crippen LogP contribution < -0.4 is 0 Å². The second-order valence-corrected chi connectivity index (χ2v) is 5.57. The van der Waals surface area contributed by atoms with Crippen LogP contribution in [0.3, 0.4) is 0 Å². The number of nitrogens with zero attached hydrogens (tertiary/aromatic N) is 2. The van der Waals surface area contributed by atoms with Crippen LogP contribution in [0.4, 0.5) is 22.4 Å². The monoisotopic (exact) mass is 352 g/mol. The van der Waals surface area contributed by atoms with Crippen LogP contribution in [0.1, 0.15) is 11.1 Å². The van der Waals surface area contributed by atoms with Crippen molar-refractivity contribution in [3.8, 4) is 0 Å². The topological polar surface area (TPSA) is 52.9 Å². The van der Waals surface area contributed by atoms with Gasteiger partial charge in [-0.15, -0.1) is 0 Å². The molecule has 8 heteroatoms. The molecule has 0 fully saturated rings. The van der Waals surface area contributed by atoms with E-state index in [2.05, 4.69) is 5.10 Å². The quantitative estimate of drug-likeness (QED) is 0.853. The summed E-state index contributed by atoms with van der Waals surface area (Å²) in [5.74, 6) is -1.18. The second-order valence-electron chi connectivity index (χ2n) is 5.57. The highest BCUT2D eigenvalue weighted by molar-refractivity contribution is 6.10. The summed E-state index contributed by atoms with van der Waals surface area (Å²) in [4.78, 5) is 11.3. The van der Waals surface area contributed by atoms with Crippen molar-refractivity contribution < 1.29 is 27.5 Å². The van der Waals surface area contributed by atoms with Gasteiger partial charge in [0.25, 0.3) is 6.43 Å². The van der Waals surface area contributed by atoms with Gasteiger partial charge in [-0.1, -0.05) is 24.3 Å². The molecule has 0 radical (unpaired) electrons. The first kappa shape index (κ1) is 16.9. The van der Waals surface area contributed by atoms with E-state index >= 15 is 0 Å². The number of carboxylic acid groups (broad SMARTS) is 1. The van der Waals surface area contributed by atoms with Crippen LogP contribution in [-0.2, 0) is 5.41 Å². The third-order valence-electron chi connectivity index (χ3n) is 4.11. The van der Waals surface area contributed by atoms with Crippen LogP contribution in [0, 0.1) is 11.6 Å². The number of benzene rings is 2. The fourth-order valence-corrected chi connectivity index (χ4v) is 2.86. The summed E-state index contributed by atoms with van der Waals surface area (Å²) >= 11 is 0. The molecule has 2 aromatic carbocycles. The molecule has 3 rings (SSSR count). The van der Waals surface area contributed by atoms with Crippen molar-refractivity contribution in [1.82, 2.24) is 5.01 Å². The lowest BCUT2D eigenvalue weighted by Crippen LogP contribution is -2.46. The highest BCUT2D eigenvalue weighted by Crippen LogP contribution is 2.40. The van der Waals surface area contributed by atoms with E-state index in [1.807, 2.05) is 0 Å². The Bertz CT molecular complexity index is 822. The molecule has 130 valence electrons. The first-order valence-corrected chi connectivity index (χ1v) is 7.24. The summed E-state index contributed by atoms with van der Waals surface area (Å²) in [6.45, 7) is -0.627. The predicted molar refractivity (Wildman–Crippen MR) is 81.7 cm³/mol. The van der Waals surface area contributed by atoms with E-state index in [0.29, 0.717) is 5.01 Å². The van der Waals surface area contributed by atoms with Crippen molar-refractivity contribution in [3.63, 3.8) is 0 Å². The van der Waals surface area contributed by atoms with Gasteiger partial charge in [-0.05, 0) is 35.4 Å². The Morgan fingerprint density at radius 1 is 1.04 bits per heavy atom. The minimum Gasteiger partial charge on any atom is -0.464 e. The maximum absolute atomic E-state index is 14.2. The molecule has 1 unspecified atom stereocenters.